The van der Waals surface area contributed by atoms with E-state index >= 15 is 0 Å². The predicted octanol–water partition coefficient (Wildman–Crippen LogP) is 6.39. The zero-order chi connectivity index (χ0) is 26.3. The van der Waals surface area contributed by atoms with Gasteiger partial charge in [0.2, 0.25) is 0 Å². The van der Waals surface area contributed by atoms with E-state index in [0.717, 1.165) is 17.7 Å². The van der Waals surface area contributed by atoms with E-state index in [1.54, 1.807) is 12.1 Å². The van der Waals surface area contributed by atoms with Gasteiger partial charge in [-0.1, -0.05) is 44.2 Å². The van der Waals surface area contributed by atoms with Gasteiger partial charge in [0.1, 0.15) is 0 Å². The molecule has 0 saturated heterocycles. The molecule has 188 valence electrons. The lowest BCUT2D eigenvalue weighted by Gasteiger charge is -2.25. The van der Waals surface area contributed by atoms with E-state index in [0.29, 0.717) is 29.7 Å². The van der Waals surface area contributed by atoms with Gasteiger partial charge in [0.05, 0.1) is 23.6 Å². The topological polar surface area (TPSA) is 95.7 Å². The second-order valence-electron chi connectivity index (χ2n) is 7.78. The van der Waals surface area contributed by atoms with E-state index < -0.39 is 28.6 Å². The third-order valence-corrected chi connectivity index (χ3v) is 5.64. The summed E-state index contributed by atoms with van der Waals surface area (Å²) in [4.78, 5) is 23.8. The Labute approximate surface area is 206 Å². The number of benzene rings is 2. The minimum Gasteiger partial charge on any atom is -0.481 e. The fourth-order valence-corrected chi connectivity index (χ4v) is 3.69. The normalized spacial score (nSPS) is 12.1. The minimum absolute atomic E-state index is 0.0382. The molecule has 0 spiro atoms. The van der Waals surface area contributed by atoms with E-state index in [1.165, 1.54) is 23.2 Å². The number of hydrazine groups is 1. The van der Waals surface area contributed by atoms with Crippen LogP contribution in [-0.2, 0) is 17.5 Å². The summed E-state index contributed by atoms with van der Waals surface area (Å²) in [5, 5.41) is 12.7. The molecular formula is C25H27ClF3N3O3. The monoisotopic (exact) mass is 509 g/mol. The van der Waals surface area contributed by atoms with Gasteiger partial charge < -0.3 is 15.4 Å². The molecule has 2 aromatic rings. The molecule has 1 amide bonds. The number of carbonyl (C=O) groups is 2. The quantitative estimate of drug-likeness (QED) is 0.196. The molecule has 0 aliphatic rings. The van der Waals surface area contributed by atoms with Crippen molar-refractivity contribution in [3.63, 3.8) is 0 Å². The highest BCUT2D eigenvalue weighted by atomic mass is 35.5. The van der Waals surface area contributed by atoms with Crippen molar-refractivity contribution >= 4 is 29.2 Å². The van der Waals surface area contributed by atoms with Gasteiger partial charge in [-0.2, -0.15) is 13.2 Å². The fourth-order valence-electron chi connectivity index (χ4n) is 3.46. The largest absolute Gasteiger partial charge is 0.481 e. The summed E-state index contributed by atoms with van der Waals surface area (Å²) in [5.74, 6) is 4.68. The Balaban J connectivity index is 2.18. The summed E-state index contributed by atoms with van der Waals surface area (Å²) in [6.07, 6.45) is -3.75. The molecule has 0 heterocycles. The van der Waals surface area contributed by atoms with Crippen LogP contribution < -0.4 is 11.2 Å². The molecule has 2 rings (SSSR count). The average molecular weight is 510 g/mol. The number of hydrogen-bond acceptors (Lipinski definition) is 4. The number of alkyl halides is 3. The van der Waals surface area contributed by atoms with Crippen molar-refractivity contribution < 1.29 is 27.9 Å². The molecule has 0 aromatic heterocycles. The standard InChI is InChI=1S/C25H27ClF3N3O3/c1-4-15(3)19(13-23(33)34)22(5-2)32(30)14-16-6-8-17(9-7-16)24(35)31-18-10-11-21(26)20(12-18)25(27,28)29/h6-12H,3-5,13-14,30H2,1-2H3,(H,31,35)(H,33,34)/b22-19-. The van der Waals surface area contributed by atoms with Gasteiger partial charge in [-0.05, 0) is 59.9 Å². The van der Waals surface area contributed by atoms with Crippen LogP contribution >= 0.6 is 11.6 Å². The van der Waals surface area contributed by atoms with Crippen molar-refractivity contribution in [1.29, 1.82) is 0 Å². The number of amides is 1. The first-order valence-electron chi connectivity index (χ1n) is 10.8. The smallest absolute Gasteiger partial charge is 0.417 e. The van der Waals surface area contributed by atoms with Crippen molar-refractivity contribution in [3.05, 3.63) is 87.6 Å². The summed E-state index contributed by atoms with van der Waals surface area (Å²) < 4.78 is 39.1. The number of nitrogens with two attached hydrogens (primary N) is 1. The molecule has 0 unspecified atom stereocenters. The van der Waals surface area contributed by atoms with E-state index in [9.17, 15) is 27.9 Å². The highest BCUT2D eigenvalue weighted by molar-refractivity contribution is 6.31. The number of hydrogen-bond donors (Lipinski definition) is 3. The molecule has 6 nitrogen and oxygen atoms in total. The zero-order valence-electron chi connectivity index (χ0n) is 19.4. The van der Waals surface area contributed by atoms with Crippen molar-refractivity contribution in [3.8, 4) is 0 Å². The van der Waals surface area contributed by atoms with E-state index in [-0.39, 0.29) is 24.2 Å². The van der Waals surface area contributed by atoms with Gasteiger partial charge in [-0.25, -0.2) is 5.84 Å². The van der Waals surface area contributed by atoms with Crippen molar-refractivity contribution in [2.75, 3.05) is 5.32 Å². The number of anilines is 1. The number of carboxylic acid groups (broad SMARTS) is 1. The Morgan fingerprint density at radius 2 is 1.74 bits per heavy atom. The van der Waals surface area contributed by atoms with Gasteiger partial charge >= 0.3 is 12.1 Å². The van der Waals surface area contributed by atoms with Crippen LogP contribution in [0.1, 0.15) is 54.6 Å². The van der Waals surface area contributed by atoms with Crippen molar-refractivity contribution in [2.45, 2.75) is 45.8 Å². The van der Waals surface area contributed by atoms with Crippen LogP contribution in [0.2, 0.25) is 5.02 Å². The molecule has 0 aliphatic heterocycles. The predicted molar refractivity (Wildman–Crippen MR) is 130 cm³/mol. The van der Waals surface area contributed by atoms with Crippen LogP contribution in [0.25, 0.3) is 0 Å². The first-order chi connectivity index (χ1) is 16.4. The van der Waals surface area contributed by atoms with Gasteiger partial charge in [-0.3, -0.25) is 9.59 Å². The number of nitrogens with one attached hydrogen (secondary N) is 1. The summed E-state index contributed by atoms with van der Waals surface area (Å²) in [6.45, 7) is 7.96. The maximum absolute atomic E-state index is 13.0. The number of aliphatic carboxylic acids is 1. The first kappa shape index (κ1) is 27.9. The van der Waals surface area contributed by atoms with Crippen LogP contribution in [0.5, 0.6) is 0 Å². The van der Waals surface area contributed by atoms with Gasteiger partial charge in [-0.15, -0.1) is 0 Å². The van der Waals surface area contributed by atoms with Gasteiger partial charge in [0, 0.05) is 16.9 Å². The maximum Gasteiger partial charge on any atom is 0.417 e. The number of carbonyl (C=O) groups excluding carboxylic acids is 1. The highest BCUT2D eigenvalue weighted by Crippen LogP contribution is 2.36. The third kappa shape index (κ3) is 7.60. The lowest BCUT2D eigenvalue weighted by Crippen LogP contribution is -2.31. The zero-order valence-corrected chi connectivity index (χ0v) is 20.1. The van der Waals surface area contributed by atoms with Gasteiger partial charge in [0.25, 0.3) is 5.91 Å². The van der Waals surface area contributed by atoms with Crippen molar-refractivity contribution in [2.24, 2.45) is 5.84 Å². The lowest BCUT2D eigenvalue weighted by molar-refractivity contribution is -0.137. The Bertz CT molecular complexity index is 1130. The van der Waals surface area contributed by atoms with E-state index in [2.05, 4.69) is 11.9 Å². The second-order valence-corrected chi connectivity index (χ2v) is 8.18. The first-order valence-corrected chi connectivity index (χ1v) is 11.2. The molecule has 0 fully saturated rings. The van der Waals surface area contributed by atoms with E-state index in [4.69, 9.17) is 17.4 Å². The third-order valence-electron chi connectivity index (χ3n) is 5.31. The Kier molecular flexibility index (Phi) is 9.50. The highest BCUT2D eigenvalue weighted by Gasteiger charge is 2.33. The van der Waals surface area contributed by atoms with Crippen molar-refractivity contribution in [1.82, 2.24) is 5.01 Å². The maximum atomic E-state index is 13.0. The summed E-state index contributed by atoms with van der Waals surface area (Å²) >= 11 is 5.61. The van der Waals surface area contributed by atoms with Gasteiger partial charge in [0.15, 0.2) is 0 Å². The Morgan fingerprint density at radius 1 is 1.11 bits per heavy atom. The summed E-state index contributed by atoms with van der Waals surface area (Å²) in [5.41, 5.74) is 1.84. The molecule has 0 atom stereocenters. The Morgan fingerprint density at radius 3 is 2.26 bits per heavy atom. The minimum atomic E-state index is -4.65. The molecule has 0 radical (unpaired) electrons. The molecule has 0 saturated carbocycles. The van der Waals surface area contributed by atoms with Crippen LogP contribution in [0.15, 0.2) is 65.9 Å². The fraction of sp³-hybridized carbons (Fsp3) is 0.280. The molecular weight excluding hydrogens is 483 g/mol. The van der Waals surface area contributed by atoms with Crippen LogP contribution in [0, 0.1) is 0 Å². The molecule has 0 aliphatic carbocycles. The average Bonchev–Trinajstić information content (AvgIpc) is 2.79. The number of halogens is 4. The Hall–Kier alpha value is -3.30. The number of nitrogens with zero attached hydrogens (tertiary/aromatic N) is 1. The van der Waals surface area contributed by atoms with Crippen LogP contribution in [0.4, 0.5) is 18.9 Å². The molecule has 0 bridgehead atoms. The SMILES string of the molecule is C=C(CC)/C(CC(=O)O)=C(/CC)N(N)Cc1ccc(C(=O)Nc2ccc(Cl)c(C(F)(F)F)c2)cc1. The molecule has 4 N–H and O–H groups in total. The lowest BCUT2D eigenvalue weighted by atomic mass is 9.98. The summed E-state index contributed by atoms with van der Waals surface area (Å²) in [6, 6.07) is 9.51. The molecule has 2 aromatic carbocycles. The number of carboxylic acids is 1. The molecule has 35 heavy (non-hydrogen) atoms. The molecule has 10 heteroatoms. The second kappa shape index (κ2) is 11.9. The van der Waals surface area contributed by atoms with Crippen LogP contribution in [-0.4, -0.2) is 22.0 Å². The number of allylic oxidation sites excluding steroid dienone is 2. The van der Waals surface area contributed by atoms with E-state index in [1.807, 2.05) is 13.8 Å². The summed E-state index contributed by atoms with van der Waals surface area (Å²) in [7, 11) is 0. The van der Waals surface area contributed by atoms with Crippen LogP contribution in [0.3, 0.4) is 0 Å². The number of rotatable bonds is 10.